The summed E-state index contributed by atoms with van der Waals surface area (Å²) in [7, 11) is 3.55. The molecule has 8 heteroatoms. The van der Waals surface area contributed by atoms with Crippen molar-refractivity contribution in [2.45, 2.75) is 6.42 Å². The van der Waals surface area contributed by atoms with Crippen LogP contribution in [-0.2, 0) is 28.6 Å². The molecule has 2 atom stereocenters. The Morgan fingerprint density at radius 3 is 2.16 bits per heavy atom. The van der Waals surface area contributed by atoms with Crippen molar-refractivity contribution < 1.29 is 28.6 Å². The minimum absolute atomic E-state index is 0.325. The largest absolute Gasteiger partial charge is 0.469 e. The van der Waals surface area contributed by atoms with Gasteiger partial charge in [-0.05, 0) is 17.7 Å². The maximum Gasteiger partial charge on any atom is 0.313 e. The first-order valence-corrected chi connectivity index (χ1v) is 7.95. The van der Waals surface area contributed by atoms with E-state index in [1.807, 2.05) is 0 Å². The molecular weight excluding hydrogens is 371 g/mol. The van der Waals surface area contributed by atoms with Gasteiger partial charge in [-0.2, -0.15) is 0 Å². The standard InChI is InChI=1S/C17H18Cl2O6/c1-23-15(20)9-12(17(22)25-3)11(16(21)24-2)6-4-10-5-7-13(18)14(19)8-10/h4-8,11-12H,9H2,1-3H3/b6-4+. The average Bonchev–Trinajstić information content (AvgIpc) is 2.62. The van der Waals surface area contributed by atoms with E-state index >= 15 is 0 Å². The first kappa shape index (κ1) is 21.0. The summed E-state index contributed by atoms with van der Waals surface area (Å²) >= 11 is 11.8. The Hall–Kier alpha value is -2.05. The van der Waals surface area contributed by atoms with Gasteiger partial charge in [0.1, 0.15) is 0 Å². The van der Waals surface area contributed by atoms with Crippen LogP contribution in [0.15, 0.2) is 24.3 Å². The van der Waals surface area contributed by atoms with Crippen molar-refractivity contribution in [3.05, 3.63) is 39.9 Å². The second kappa shape index (κ2) is 10.1. The lowest BCUT2D eigenvalue weighted by molar-refractivity contribution is -0.159. The maximum atomic E-state index is 12.1. The van der Waals surface area contributed by atoms with Crippen molar-refractivity contribution in [2.24, 2.45) is 11.8 Å². The molecule has 1 aromatic carbocycles. The molecule has 0 amide bonds. The van der Waals surface area contributed by atoms with Crippen molar-refractivity contribution in [1.82, 2.24) is 0 Å². The molecule has 0 aromatic heterocycles. The van der Waals surface area contributed by atoms with Crippen LogP contribution in [0.1, 0.15) is 12.0 Å². The summed E-state index contributed by atoms with van der Waals surface area (Å²) in [6.45, 7) is 0. The molecule has 0 bridgehead atoms. The third-order valence-corrected chi connectivity index (χ3v) is 4.20. The number of carbonyl (C=O) groups is 3. The van der Waals surface area contributed by atoms with Gasteiger partial charge < -0.3 is 14.2 Å². The third kappa shape index (κ3) is 6.07. The molecule has 0 aliphatic rings. The van der Waals surface area contributed by atoms with Crippen molar-refractivity contribution in [2.75, 3.05) is 21.3 Å². The summed E-state index contributed by atoms with van der Waals surface area (Å²) in [4.78, 5) is 35.7. The highest BCUT2D eigenvalue weighted by molar-refractivity contribution is 6.42. The van der Waals surface area contributed by atoms with Gasteiger partial charge in [-0.25, -0.2) is 0 Å². The van der Waals surface area contributed by atoms with Crippen LogP contribution in [-0.4, -0.2) is 39.2 Å². The normalized spacial score (nSPS) is 13.2. The molecular formula is C17H18Cl2O6. The highest BCUT2D eigenvalue weighted by Crippen LogP contribution is 2.26. The Kier molecular flexibility index (Phi) is 8.45. The first-order chi connectivity index (χ1) is 11.8. The van der Waals surface area contributed by atoms with E-state index in [-0.39, 0.29) is 6.42 Å². The van der Waals surface area contributed by atoms with Gasteiger partial charge in [0.2, 0.25) is 0 Å². The molecule has 0 N–H and O–H groups in total. The Labute approximate surface area is 155 Å². The minimum atomic E-state index is -1.08. The van der Waals surface area contributed by atoms with Crippen LogP contribution in [0.5, 0.6) is 0 Å². The SMILES string of the molecule is COC(=O)CC(C(=O)OC)C(/C=C/c1ccc(Cl)c(Cl)c1)C(=O)OC. The van der Waals surface area contributed by atoms with Gasteiger partial charge in [0, 0.05) is 0 Å². The molecule has 0 aliphatic carbocycles. The molecule has 136 valence electrons. The van der Waals surface area contributed by atoms with E-state index in [1.165, 1.54) is 27.4 Å². The van der Waals surface area contributed by atoms with Gasteiger partial charge in [-0.1, -0.05) is 41.4 Å². The van der Waals surface area contributed by atoms with E-state index in [0.717, 1.165) is 0 Å². The average molecular weight is 389 g/mol. The second-order valence-corrected chi connectivity index (χ2v) is 5.81. The second-order valence-electron chi connectivity index (χ2n) is 4.99. The smallest absolute Gasteiger partial charge is 0.313 e. The van der Waals surface area contributed by atoms with Crippen LogP contribution in [0.3, 0.4) is 0 Å². The van der Waals surface area contributed by atoms with Gasteiger partial charge in [-0.15, -0.1) is 0 Å². The Balaban J connectivity index is 3.17. The number of hydrogen-bond acceptors (Lipinski definition) is 6. The quantitative estimate of drug-likeness (QED) is 0.527. The predicted octanol–water partition coefficient (Wildman–Crippen LogP) is 3.15. The molecule has 2 unspecified atom stereocenters. The molecule has 25 heavy (non-hydrogen) atoms. The third-order valence-electron chi connectivity index (χ3n) is 3.46. The number of esters is 3. The fourth-order valence-electron chi connectivity index (χ4n) is 2.12. The van der Waals surface area contributed by atoms with E-state index in [1.54, 1.807) is 24.3 Å². The van der Waals surface area contributed by atoms with Crippen molar-refractivity contribution in [3.63, 3.8) is 0 Å². The zero-order valence-electron chi connectivity index (χ0n) is 14.0. The summed E-state index contributed by atoms with van der Waals surface area (Å²) in [6.07, 6.45) is 2.71. The summed E-state index contributed by atoms with van der Waals surface area (Å²) in [6, 6.07) is 4.89. The van der Waals surface area contributed by atoms with E-state index < -0.39 is 29.7 Å². The first-order valence-electron chi connectivity index (χ1n) is 7.19. The number of benzene rings is 1. The number of methoxy groups -OCH3 is 3. The van der Waals surface area contributed by atoms with E-state index in [0.29, 0.717) is 15.6 Å². The number of hydrogen-bond donors (Lipinski definition) is 0. The van der Waals surface area contributed by atoms with E-state index in [9.17, 15) is 14.4 Å². The fourth-order valence-corrected chi connectivity index (χ4v) is 2.42. The number of carbonyl (C=O) groups excluding carboxylic acids is 3. The Bertz CT molecular complexity index is 671. The lowest BCUT2D eigenvalue weighted by atomic mass is 9.88. The molecule has 6 nitrogen and oxygen atoms in total. The Morgan fingerprint density at radius 2 is 1.64 bits per heavy atom. The molecule has 0 fully saturated rings. The molecule has 0 aliphatic heterocycles. The Morgan fingerprint density at radius 1 is 1.00 bits per heavy atom. The molecule has 0 radical (unpaired) electrons. The lowest BCUT2D eigenvalue weighted by Crippen LogP contribution is -2.32. The molecule has 0 saturated heterocycles. The van der Waals surface area contributed by atoms with Crippen LogP contribution < -0.4 is 0 Å². The summed E-state index contributed by atoms with van der Waals surface area (Å²) < 4.78 is 14.0. The number of rotatable bonds is 7. The van der Waals surface area contributed by atoms with Crippen LogP contribution in [0.2, 0.25) is 10.0 Å². The van der Waals surface area contributed by atoms with E-state index in [2.05, 4.69) is 4.74 Å². The molecule has 1 aromatic rings. The molecule has 0 heterocycles. The van der Waals surface area contributed by atoms with Crippen LogP contribution in [0.4, 0.5) is 0 Å². The van der Waals surface area contributed by atoms with Crippen LogP contribution in [0, 0.1) is 11.8 Å². The fraction of sp³-hybridized carbons (Fsp3) is 0.353. The highest BCUT2D eigenvalue weighted by atomic mass is 35.5. The van der Waals surface area contributed by atoms with Crippen molar-refractivity contribution >= 4 is 47.2 Å². The van der Waals surface area contributed by atoms with Crippen LogP contribution in [0.25, 0.3) is 6.08 Å². The zero-order chi connectivity index (χ0) is 19.0. The maximum absolute atomic E-state index is 12.1. The van der Waals surface area contributed by atoms with Gasteiger partial charge >= 0.3 is 17.9 Å². The van der Waals surface area contributed by atoms with Gasteiger partial charge in [0.25, 0.3) is 0 Å². The predicted molar refractivity (Wildman–Crippen MR) is 93.1 cm³/mol. The van der Waals surface area contributed by atoms with Gasteiger partial charge in [0.15, 0.2) is 0 Å². The van der Waals surface area contributed by atoms with Crippen molar-refractivity contribution in [3.8, 4) is 0 Å². The monoisotopic (exact) mass is 388 g/mol. The summed E-state index contributed by atoms with van der Waals surface area (Å²) in [5, 5.41) is 0.735. The molecule has 0 saturated carbocycles. The van der Waals surface area contributed by atoms with Gasteiger partial charge in [0.05, 0.1) is 49.6 Å². The molecule has 1 rings (SSSR count). The minimum Gasteiger partial charge on any atom is -0.469 e. The highest BCUT2D eigenvalue weighted by Gasteiger charge is 2.35. The number of ether oxygens (including phenoxy) is 3. The van der Waals surface area contributed by atoms with Crippen molar-refractivity contribution in [1.29, 1.82) is 0 Å². The van der Waals surface area contributed by atoms with Gasteiger partial charge in [-0.3, -0.25) is 14.4 Å². The lowest BCUT2D eigenvalue weighted by Gasteiger charge is -2.19. The number of halogens is 2. The van der Waals surface area contributed by atoms with E-state index in [4.69, 9.17) is 32.7 Å². The van der Waals surface area contributed by atoms with Crippen LogP contribution >= 0.6 is 23.2 Å². The molecule has 0 spiro atoms. The summed E-state index contributed by atoms with van der Waals surface area (Å²) in [5.41, 5.74) is 0.657. The topological polar surface area (TPSA) is 78.9 Å². The summed E-state index contributed by atoms with van der Waals surface area (Å²) in [5.74, 6) is -4.17. The zero-order valence-corrected chi connectivity index (χ0v) is 15.5.